The molecule has 0 bridgehead atoms. The van der Waals surface area contributed by atoms with Crippen molar-refractivity contribution in [2.75, 3.05) is 58.2 Å². The van der Waals surface area contributed by atoms with Crippen LogP contribution in [0.2, 0.25) is 0 Å². The van der Waals surface area contributed by atoms with Crippen LogP contribution in [0, 0.1) is 0 Å². The van der Waals surface area contributed by atoms with Crippen molar-refractivity contribution in [3.63, 3.8) is 0 Å². The van der Waals surface area contributed by atoms with Gasteiger partial charge in [-0.25, -0.2) is 0 Å². The molecule has 0 spiro atoms. The number of nitrogens with zero attached hydrogens (tertiary/aromatic N) is 2. The second-order valence-electron chi connectivity index (χ2n) is 4.24. The molecule has 2 saturated heterocycles. The van der Waals surface area contributed by atoms with Gasteiger partial charge in [0.2, 0.25) is 0 Å². The fourth-order valence-electron chi connectivity index (χ4n) is 2.31. The highest BCUT2D eigenvalue weighted by Gasteiger charge is 2.24. The average Bonchev–Trinajstić information content (AvgIpc) is 2.32. The quantitative estimate of drug-likeness (QED) is 0.634. The lowest BCUT2D eigenvalue weighted by Gasteiger charge is -2.41. The Morgan fingerprint density at radius 3 is 2.53 bits per heavy atom. The Morgan fingerprint density at radius 1 is 1.13 bits per heavy atom. The third kappa shape index (κ3) is 3.29. The van der Waals surface area contributed by atoms with E-state index in [9.17, 15) is 0 Å². The van der Waals surface area contributed by atoms with Crippen molar-refractivity contribution in [1.29, 1.82) is 0 Å². The van der Waals surface area contributed by atoms with E-state index in [1.54, 1.807) is 0 Å². The van der Waals surface area contributed by atoms with E-state index < -0.39 is 0 Å². The van der Waals surface area contributed by atoms with Crippen molar-refractivity contribution in [2.45, 2.75) is 6.17 Å². The molecule has 2 fully saturated rings. The van der Waals surface area contributed by atoms with Crippen LogP contribution >= 0.6 is 11.6 Å². The predicted molar refractivity (Wildman–Crippen MR) is 63.4 cm³/mol. The number of piperazine rings is 2. The maximum atomic E-state index is 5.74. The first-order valence-corrected chi connectivity index (χ1v) is 6.40. The van der Waals surface area contributed by atoms with Crippen LogP contribution < -0.4 is 10.6 Å². The minimum Gasteiger partial charge on any atom is -0.313 e. The molecule has 1 unspecified atom stereocenters. The molecule has 1 atom stereocenters. The standard InChI is InChI=1S/C10H21ClN4/c11-1-4-14-5-7-15(8-6-14)10-9-12-2-3-13-10/h10,12-13H,1-9H2. The van der Waals surface area contributed by atoms with Crippen molar-refractivity contribution >= 4 is 11.6 Å². The van der Waals surface area contributed by atoms with Gasteiger partial charge in [-0.05, 0) is 0 Å². The summed E-state index contributed by atoms with van der Waals surface area (Å²) < 4.78 is 0. The number of halogens is 1. The van der Waals surface area contributed by atoms with E-state index in [4.69, 9.17) is 11.6 Å². The number of rotatable bonds is 3. The highest BCUT2D eigenvalue weighted by atomic mass is 35.5. The zero-order valence-electron chi connectivity index (χ0n) is 9.21. The van der Waals surface area contributed by atoms with E-state index in [0.29, 0.717) is 6.17 Å². The molecule has 2 aliphatic rings. The van der Waals surface area contributed by atoms with Crippen LogP contribution in [-0.2, 0) is 0 Å². The smallest absolute Gasteiger partial charge is 0.0727 e. The van der Waals surface area contributed by atoms with Gasteiger partial charge in [0.25, 0.3) is 0 Å². The molecule has 15 heavy (non-hydrogen) atoms. The van der Waals surface area contributed by atoms with E-state index in [-0.39, 0.29) is 0 Å². The minimum atomic E-state index is 0.539. The van der Waals surface area contributed by atoms with E-state index in [0.717, 1.165) is 58.2 Å². The van der Waals surface area contributed by atoms with Gasteiger partial charge < -0.3 is 5.32 Å². The summed E-state index contributed by atoms with van der Waals surface area (Å²) in [7, 11) is 0. The molecular weight excluding hydrogens is 212 g/mol. The summed E-state index contributed by atoms with van der Waals surface area (Å²) in [4.78, 5) is 4.98. The molecule has 0 aliphatic carbocycles. The van der Waals surface area contributed by atoms with Crippen molar-refractivity contribution < 1.29 is 0 Å². The summed E-state index contributed by atoms with van der Waals surface area (Å²) in [5, 5.41) is 6.98. The number of alkyl halides is 1. The summed E-state index contributed by atoms with van der Waals surface area (Å²) in [6.07, 6.45) is 0.539. The number of hydrogen-bond acceptors (Lipinski definition) is 4. The number of hydrogen-bond donors (Lipinski definition) is 2. The lowest BCUT2D eigenvalue weighted by atomic mass is 10.2. The van der Waals surface area contributed by atoms with Crippen LogP contribution in [0.5, 0.6) is 0 Å². The maximum Gasteiger partial charge on any atom is 0.0727 e. The molecule has 2 heterocycles. The second kappa shape index (κ2) is 6.01. The first-order valence-electron chi connectivity index (χ1n) is 5.86. The maximum absolute atomic E-state index is 5.74. The normalized spacial score (nSPS) is 30.6. The monoisotopic (exact) mass is 232 g/mol. The summed E-state index contributed by atoms with van der Waals surface area (Å²) in [6, 6.07) is 0. The summed E-state index contributed by atoms with van der Waals surface area (Å²) in [5.41, 5.74) is 0. The van der Waals surface area contributed by atoms with Crippen molar-refractivity contribution in [1.82, 2.24) is 20.4 Å². The number of nitrogens with one attached hydrogen (secondary N) is 2. The average molecular weight is 233 g/mol. The summed E-state index contributed by atoms with van der Waals surface area (Å²) in [5.74, 6) is 0.753. The second-order valence-corrected chi connectivity index (χ2v) is 4.62. The van der Waals surface area contributed by atoms with Crippen molar-refractivity contribution in [2.24, 2.45) is 0 Å². The van der Waals surface area contributed by atoms with Gasteiger partial charge >= 0.3 is 0 Å². The Morgan fingerprint density at radius 2 is 1.93 bits per heavy atom. The Kier molecular flexibility index (Phi) is 4.65. The van der Waals surface area contributed by atoms with Crippen LogP contribution in [0.25, 0.3) is 0 Å². The van der Waals surface area contributed by atoms with Crippen LogP contribution in [0.15, 0.2) is 0 Å². The molecule has 2 rings (SSSR count). The molecule has 5 heteroatoms. The first-order chi connectivity index (χ1) is 7.40. The Bertz CT molecular complexity index is 176. The zero-order valence-corrected chi connectivity index (χ0v) is 9.97. The van der Waals surface area contributed by atoms with E-state index in [1.807, 2.05) is 0 Å². The van der Waals surface area contributed by atoms with Gasteiger partial charge in [-0.1, -0.05) is 0 Å². The van der Waals surface area contributed by atoms with Gasteiger partial charge in [-0.3, -0.25) is 15.1 Å². The Balaban J connectivity index is 1.72. The summed E-state index contributed by atoms with van der Waals surface area (Å²) >= 11 is 5.74. The first kappa shape index (κ1) is 11.6. The Labute approximate surface area is 96.9 Å². The third-order valence-corrected chi connectivity index (χ3v) is 3.44. The molecule has 0 aromatic rings. The van der Waals surface area contributed by atoms with Gasteiger partial charge in [0, 0.05) is 58.2 Å². The predicted octanol–water partition coefficient (Wildman–Crippen LogP) is -0.638. The molecule has 0 aromatic heterocycles. The molecule has 2 N–H and O–H groups in total. The topological polar surface area (TPSA) is 30.5 Å². The van der Waals surface area contributed by atoms with Crippen molar-refractivity contribution in [3.05, 3.63) is 0 Å². The van der Waals surface area contributed by atoms with Gasteiger partial charge in [0.15, 0.2) is 0 Å². The van der Waals surface area contributed by atoms with Gasteiger partial charge in [-0.2, -0.15) is 0 Å². The fraction of sp³-hybridized carbons (Fsp3) is 1.00. The molecule has 0 amide bonds. The van der Waals surface area contributed by atoms with Gasteiger partial charge in [0.1, 0.15) is 0 Å². The molecule has 88 valence electrons. The van der Waals surface area contributed by atoms with Crippen molar-refractivity contribution in [3.8, 4) is 0 Å². The van der Waals surface area contributed by atoms with Gasteiger partial charge in [0.05, 0.1) is 6.17 Å². The highest BCUT2D eigenvalue weighted by Crippen LogP contribution is 2.05. The van der Waals surface area contributed by atoms with E-state index in [1.165, 1.54) is 0 Å². The van der Waals surface area contributed by atoms with Crippen LogP contribution in [0.1, 0.15) is 0 Å². The van der Waals surface area contributed by atoms with E-state index >= 15 is 0 Å². The SMILES string of the molecule is ClCCN1CCN(C2CNCCN2)CC1. The molecule has 0 radical (unpaired) electrons. The van der Waals surface area contributed by atoms with E-state index in [2.05, 4.69) is 20.4 Å². The largest absolute Gasteiger partial charge is 0.313 e. The molecule has 0 aromatic carbocycles. The summed E-state index contributed by atoms with van der Waals surface area (Å²) in [6.45, 7) is 8.94. The zero-order chi connectivity index (χ0) is 10.5. The molecular formula is C10H21ClN4. The Hall–Kier alpha value is 0.130. The molecule has 4 nitrogen and oxygen atoms in total. The third-order valence-electron chi connectivity index (χ3n) is 3.27. The lowest BCUT2D eigenvalue weighted by molar-refractivity contribution is 0.0772. The van der Waals surface area contributed by atoms with Crippen LogP contribution in [0.3, 0.4) is 0 Å². The molecule has 0 saturated carbocycles. The lowest BCUT2D eigenvalue weighted by Crippen LogP contribution is -2.61. The highest BCUT2D eigenvalue weighted by molar-refractivity contribution is 6.18. The minimum absolute atomic E-state index is 0.539. The van der Waals surface area contributed by atoms with Gasteiger partial charge in [-0.15, -0.1) is 11.6 Å². The van der Waals surface area contributed by atoms with Crippen LogP contribution in [-0.4, -0.2) is 74.2 Å². The fourth-order valence-corrected chi connectivity index (χ4v) is 2.55. The van der Waals surface area contributed by atoms with Crippen LogP contribution in [0.4, 0.5) is 0 Å². The molecule has 2 aliphatic heterocycles.